The number of amides is 4. The van der Waals surface area contributed by atoms with E-state index in [0.717, 1.165) is 59.9 Å². The van der Waals surface area contributed by atoms with Gasteiger partial charge in [-0.25, -0.2) is 4.98 Å². The molecule has 0 radical (unpaired) electrons. The number of fused-ring (bicyclic) bond motifs is 5. The van der Waals surface area contributed by atoms with Crippen LogP contribution in [0.3, 0.4) is 0 Å². The van der Waals surface area contributed by atoms with Gasteiger partial charge in [-0.15, -0.1) is 0 Å². The molecule has 3 N–H and O–H groups in total. The van der Waals surface area contributed by atoms with E-state index in [-0.39, 0.29) is 47.9 Å². The summed E-state index contributed by atoms with van der Waals surface area (Å²) in [4.78, 5) is 63.0. The zero-order valence-electron chi connectivity index (χ0n) is 29.2. The normalized spacial score (nSPS) is 20.8. The number of piperidine rings is 1. The van der Waals surface area contributed by atoms with Crippen molar-refractivity contribution in [3.05, 3.63) is 88.6 Å². The number of pyridine rings is 1. The van der Waals surface area contributed by atoms with Gasteiger partial charge in [0.05, 0.1) is 11.3 Å². The van der Waals surface area contributed by atoms with Crippen molar-refractivity contribution in [2.45, 2.75) is 83.2 Å². The zero-order valence-corrected chi connectivity index (χ0v) is 29.2. The minimum Gasteiger partial charge on any atom is -0.342 e. The minimum absolute atomic E-state index is 0.00398. The van der Waals surface area contributed by atoms with Gasteiger partial charge in [-0.05, 0) is 91.6 Å². The fourth-order valence-corrected chi connectivity index (χ4v) is 8.84. The largest absolute Gasteiger partial charge is 0.342 e. The predicted octanol–water partition coefficient (Wildman–Crippen LogP) is 5.35. The summed E-state index contributed by atoms with van der Waals surface area (Å²) in [6.07, 6.45) is 8.39. The quantitative estimate of drug-likeness (QED) is 0.266. The molecule has 1 saturated heterocycles. The van der Waals surface area contributed by atoms with Crippen molar-refractivity contribution in [2.75, 3.05) is 37.3 Å². The Morgan fingerprint density at radius 2 is 1.76 bits per heavy atom. The Hall–Kier alpha value is -4.57. The van der Waals surface area contributed by atoms with Crippen molar-refractivity contribution in [2.24, 2.45) is 11.3 Å². The van der Waals surface area contributed by atoms with Crippen LogP contribution in [0.4, 0.5) is 11.5 Å². The molecule has 0 spiro atoms. The summed E-state index contributed by atoms with van der Waals surface area (Å²) < 4.78 is 0. The highest BCUT2D eigenvalue weighted by atomic mass is 16.2. The first-order valence-corrected chi connectivity index (χ1v) is 18.3. The van der Waals surface area contributed by atoms with E-state index >= 15 is 0 Å². The number of carbonyl (C=O) groups excluding carboxylic acids is 4. The third-order valence-corrected chi connectivity index (χ3v) is 11.7. The van der Waals surface area contributed by atoms with Crippen LogP contribution in [0.5, 0.6) is 0 Å². The maximum atomic E-state index is 14.7. The maximum Gasteiger partial charge on any atom is 0.244 e. The van der Waals surface area contributed by atoms with Crippen molar-refractivity contribution in [3.63, 3.8) is 0 Å². The molecule has 50 heavy (non-hydrogen) atoms. The van der Waals surface area contributed by atoms with Gasteiger partial charge in [0.1, 0.15) is 12.4 Å². The van der Waals surface area contributed by atoms with E-state index in [1.165, 1.54) is 0 Å². The van der Waals surface area contributed by atoms with Crippen molar-refractivity contribution in [3.8, 4) is 0 Å². The van der Waals surface area contributed by atoms with Crippen molar-refractivity contribution in [1.29, 1.82) is 0 Å². The summed E-state index contributed by atoms with van der Waals surface area (Å²) in [7, 11) is 1.89. The number of nitrogens with one attached hydrogen (secondary N) is 3. The molecule has 2 fully saturated rings. The molecule has 1 aromatic heterocycles. The zero-order chi connectivity index (χ0) is 34.8. The lowest BCUT2D eigenvalue weighted by atomic mass is 9.74. The highest BCUT2D eigenvalue weighted by Gasteiger charge is 2.45. The maximum absolute atomic E-state index is 14.7. The molecule has 3 aromatic rings. The molecule has 4 amide bonds. The van der Waals surface area contributed by atoms with E-state index in [1.54, 1.807) is 11.1 Å². The summed E-state index contributed by atoms with van der Waals surface area (Å²) in [6, 6.07) is 17.7. The van der Waals surface area contributed by atoms with Gasteiger partial charge in [0, 0.05) is 49.9 Å². The highest BCUT2D eigenvalue weighted by Crippen LogP contribution is 2.49. The van der Waals surface area contributed by atoms with Crippen molar-refractivity contribution < 1.29 is 19.2 Å². The first-order valence-electron chi connectivity index (χ1n) is 18.3. The number of anilines is 2. The molecule has 2 aliphatic carbocycles. The molecule has 7 rings (SSSR count). The van der Waals surface area contributed by atoms with Gasteiger partial charge in [0.2, 0.25) is 23.6 Å². The molecule has 262 valence electrons. The molecule has 4 aliphatic rings. The second-order valence-electron chi connectivity index (χ2n) is 14.6. The van der Waals surface area contributed by atoms with Crippen LogP contribution >= 0.6 is 0 Å². The standard InChI is InChI=1S/C40H48N6O4/c1-3-40(16-19-45(20-17-40)38(49)26-9-4-5-10-26)39(50)46(24-29-12-7-6-11-28(29)23-41-2)25-34(47)43-30-15-14-27-21-33-31-13-8-18-42-36(31)44-37(48)35(33)32(27)22-30/h6-8,11-15,18,22,26,33,35,41H,3-5,9-10,16-17,19-21,23-25H2,1-2H3,(H,43,47)(H,42,44,48)/t33-,35?/m1/s1. The lowest BCUT2D eigenvalue weighted by Crippen LogP contribution is -2.53. The third-order valence-electron chi connectivity index (χ3n) is 11.7. The van der Waals surface area contributed by atoms with Gasteiger partial charge in [-0.1, -0.05) is 56.2 Å². The lowest BCUT2D eigenvalue weighted by molar-refractivity contribution is -0.151. The van der Waals surface area contributed by atoms with Crippen LogP contribution in [-0.4, -0.2) is 65.1 Å². The van der Waals surface area contributed by atoms with Crippen LogP contribution < -0.4 is 16.0 Å². The third kappa shape index (κ3) is 6.53. The smallest absolute Gasteiger partial charge is 0.244 e. The summed E-state index contributed by atoms with van der Waals surface area (Å²) in [6.45, 7) is 4.02. The molecule has 10 nitrogen and oxygen atoms in total. The second-order valence-corrected chi connectivity index (χ2v) is 14.6. The number of aromatic nitrogens is 1. The minimum atomic E-state index is -0.646. The number of benzene rings is 2. The average Bonchev–Trinajstić information content (AvgIpc) is 3.81. The van der Waals surface area contributed by atoms with E-state index < -0.39 is 5.41 Å². The van der Waals surface area contributed by atoms with Gasteiger partial charge in [-0.3, -0.25) is 19.2 Å². The van der Waals surface area contributed by atoms with Crippen LogP contribution in [0.25, 0.3) is 0 Å². The molecule has 10 heteroatoms. The SMILES string of the molecule is CCC1(C(=O)N(CC(=O)Nc2ccc3c(c2)C2C(=O)Nc4ncccc4[C@H]2C3)Cc2ccccc2CNC)CCN(C(=O)C2CCCC2)CC1. The van der Waals surface area contributed by atoms with Crippen molar-refractivity contribution >= 4 is 35.1 Å². The van der Waals surface area contributed by atoms with Crippen molar-refractivity contribution in [1.82, 2.24) is 20.1 Å². The Balaban J connectivity index is 1.10. The van der Waals surface area contributed by atoms with Crippen LogP contribution in [0.2, 0.25) is 0 Å². The number of rotatable bonds is 10. The lowest BCUT2D eigenvalue weighted by Gasteiger charge is -2.43. The Bertz CT molecular complexity index is 1780. The number of carbonyl (C=O) groups is 4. The van der Waals surface area contributed by atoms with E-state index in [9.17, 15) is 19.2 Å². The Morgan fingerprint density at radius 3 is 2.50 bits per heavy atom. The summed E-state index contributed by atoms with van der Waals surface area (Å²) in [5, 5.41) is 9.24. The summed E-state index contributed by atoms with van der Waals surface area (Å²) in [5.74, 6) is 0.226. The number of nitrogens with zero attached hydrogens (tertiary/aromatic N) is 3. The Labute approximate surface area is 294 Å². The number of likely N-dealkylation sites (tertiary alicyclic amines) is 1. The second kappa shape index (κ2) is 14.3. The van der Waals surface area contributed by atoms with Crippen LogP contribution in [0.15, 0.2) is 60.8 Å². The molecular weight excluding hydrogens is 628 g/mol. The molecule has 1 saturated carbocycles. The van der Waals surface area contributed by atoms with E-state index in [2.05, 4.69) is 20.9 Å². The molecule has 3 heterocycles. The van der Waals surface area contributed by atoms with E-state index in [1.807, 2.05) is 73.5 Å². The average molecular weight is 677 g/mol. The Morgan fingerprint density at radius 1 is 1.00 bits per heavy atom. The van der Waals surface area contributed by atoms with Gasteiger partial charge in [0.25, 0.3) is 0 Å². The summed E-state index contributed by atoms with van der Waals surface area (Å²) in [5.41, 5.74) is 5.06. The first kappa shape index (κ1) is 33.9. The molecular formula is C40H48N6O4. The van der Waals surface area contributed by atoms with Gasteiger partial charge in [0.15, 0.2) is 0 Å². The number of hydrogen-bond acceptors (Lipinski definition) is 6. The van der Waals surface area contributed by atoms with Crippen LogP contribution in [0, 0.1) is 11.3 Å². The Kier molecular flexibility index (Phi) is 9.73. The fourth-order valence-electron chi connectivity index (χ4n) is 8.84. The van der Waals surface area contributed by atoms with E-state index in [4.69, 9.17) is 0 Å². The molecule has 2 aromatic carbocycles. The number of hydrogen-bond donors (Lipinski definition) is 3. The highest BCUT2D eigenvalue weighted by molar-refractivity contribution is 6.01. The molecule has 2 aliphatic heterocycles. The van der Waals surface area contributed by atoms with Crippen LogP contribution in [-0.2, 0) is 38.7 Å². The van der Waals surface area contributed by atoms with Crippen LogP contribution in [0.1, 0.15) is 91.5 Å². The van der Waals surface area contributed by atoms with E-state index in [0.29, 0.717) is 56.9 Å². The van der Waals surface area contributed by atoms with Gasteiger partial charge in [-0.2, -0.15) is 0 Å². The molecule has 2 atom stereocenters. The first-order chi connectivity index (χ1) is 24.3. The molecule has 1 unspecified atom stereocenters. The van der Waals surface area contributed by atoms with Gasteiger partial charge >= 0.3 is 0 Å². The molecule has 0 bridgehead atoms. The monoisotopic (exact) mass is 676 g/mol. The topological polar surface area (TPSA) is 124 Å². The summed E-state index contributed by atoms with van der Waals surface area (Å²) >= 11 is 0. The fraction of sp³-hybridized carbons (Fsp3) is 0.475. The van der Waals surface area contributed by atoms with Gasteiger partial charge < -0.3 is 25.8 Å². The predicted molar refractivity (Wildman–Crippen MR) is 192 cm³/mol.